The molecule has 762 valence electrons. The van der Waals surface area contributed by atoms with Crippen LogP contribution in [0.2, 0.25) is 0 Å². The number of benzene rings is 15. The van der Waals surface area contributed by atoms with E-state index in [4.69, 9.17) is 0 Å². The van der Waals surface area contributed by atoms with Gasteiger partial charge in [0.15, 0.2) is 0 Å². The molecule has 3 aliphatic carbocycles. The summed E-state index contributed by atoms with van der Waals surface area (Å²) in [5.41, 5.74) is 21.6. The van der Waals surface area contributed by atoms with Crippen molar-refractivity contribution < 1.29 is 0 Å². The standard InChI is InChI=1S/3C15H14.3C7H8.6C6H6.18C2H6/c3*1-15(2)13-9-5-3-7-11(13)12-8-4-6-10-14(12)15;3*1-7-5-3-2-4-6-7;6*1-2-4-6-5-3-1;18*1-2/h3*3-10H,1-2H3;3*2-6H,1H3;6*1-6H;18*1-2H3. The number of aryl methyl sites for hydroxylation is 3. The van der Waals surface area contributed by atoms with Gasteiger partial charge in [0, 0.05) is 16.2 Å². The first-order valence-corrected chi connectivity index (χ1v) is 53.4. The zero-order valence-electron chi connectivity index (χ0n) is 97.3. The van der Waals surface area contributed by atoms with Gasteiger partial charge in [0.05, 0.1) is 0 Å². The van der Waals surface area contributed by atoms with Crippen molar-refractivity contribution in [2.75, 3.05) is 0 Å². The second kappa shape index (κ2) is 121. The first-order valence-electron chi connectivity index (χ1n) is 53.4. The molecule has 0 heteroatoms. The molecule has 138 heavy (non-hydrogen) atoms. The SMILES string of the molecule is CC.CC.CC.CC.CC.CC.CC.CC.CC.CC.CC.CC.CC.CC.CC.CC.CC.CC.CC1(C)c2ccccc2-c2ccccc21.CC1(C)c2ccccc2-c2ccccc21.CC1(C)c2ccccc2-c2ccccc21.Cc1ccccc1.Cc1ccccc1.Cc1ccccc1.c1ccccc1.c1ccccc1.c1ccccc1.c1ccccc1.c1ccccc1.c1ccccc1. The average molecular weight is 1870 g/mol. The van der Waals surface area contributed by atoms with E-state index in [9.17, 15) is 0 Å². The van der Waals surface area contributed by atoms with Gasteiger partial charge in [-0.2, -0.15) is 0 Å². The lowest BCUT2D eigenvalue weighted by molar-refractivity contribution is 0.660. The maximum absolute atomic E-state index is 2.30. The Balaban J connectivity index is -0.000000123. The van der Waals surface area contributed by atoms with Crippen molar-refractivity contribution in [2.24, 2.45) is 0 Å². The second-order valence-corrected chi connectivity index (χ2v) is 26.0. The second-order valence-electron chi connectivity index (χ2n) is 26.0. The van der Waals surface area contributed by atoms with Crippen LogP contribution in [0.15, 0.2) is 455 Å². The van der Waals surface area contributed by atoms with Gasteiger partial charge < -0.3 is 0 Å². The van der Waals surface area contributed by atoms with Gasteiger partial charge in [-0.3, -0.25) is 0 Å². The predicted molar refractivity (Wildman–Crippen MR) is 648 cm³/mol. The highest BCUT2D eigenvalue weighted by Gasteiger charge is 2.36. The summed E-state index contributed by atoms with van der Waals surface area (Å²) < 4.78 is 0. The van der Waals surface area contributed by atoms with Crippen molar-refractivity contribution in [2.45, 2.75) is 328 Å². The van der Waals surface area contributed by atoms with Crippen LogP contribution in [0.1, 0.15) is 341 Å². The molecule has 0 atom stereocenters. The number of fused-ring (bicyclic) bond motifs is 9. The van der Waals surface area contributed by atoms with E-state index in [0.717, 1.165) is 0 Å². The molecule has 3 aliphatic rings. The monoisotopic (exact) mass is 1870 g/mol. The first kappa shape index (κ1) is 152. The third-order valence-electron chi connectivity index (χ3n) is 17.3. The van der Waals surface area contributed by atoms with Crippen molar-refractivity contribution >= 4 is 0 Å². The topological polar surface area (TPSA) is 0 Å². The maximum atomic E-state index is 2.30. The van der Waals surface area contributed by atoms with Crippen molar-refractivity contribution in [3.05, 3.63) is 505 Å². The van der Waals surface area contributed by atoms with Gasteiger partial charge in [-0.05, 0) is 87.5 Å². The van der Waals surface area contributed by atoms with E-state index in [1.165, 1.54) is 83.5 Å². The predicted octanol–water partition coefficient (Wildman–Crippen LogP) is 46.6. The minimum absolute atomic E-state index is 0.160. The third-order valence-corrected chi connectivity index (χ3v) is 17.3. The Bertz CT molecular complexity index is 3700. The molecule has 18 rings (SSSR count). The van der Waals surface area contributed by atoms with Gasteiger partial charge in [-0.25, -0.2) is 0 Å². The highest BCUT2D eigenvalue weighted by Crippen LogP contribution is 2.50. The van der Waals surface area contributed by atoms with E-state index in [1.54, 1.807) is 0 Å². The molecule has 0 radical (unpaired) electrons. The average Bonchev–Trinajstić information content (AvgIpc) is 1.60. The summed E-state index contributed by atoms with van der Waals surface area (Å²) in [5, 5.41) is 0. The van der Waals surface area contributed by atoms with Crippen LogP contribution in [0.25, 0.3) is 33.4 Å². The molecule has 0 fully saturated rings. The van der Waals surface area contributed by atoms with Crippen molar-refractivity contribution in [3.8, 4) is 33.4 Å². The molecule has 0 saturated heterocycles. The van der Waals surface area contributed by atoms with Gasteiger partial charge in [0.1, 0.15) is 0 Å². The molecule has 15 aromatic carbocycles. The Morgan fingerprint density at radius 1 is 0.0942 bits per heavy atom. The number of rotatable bonds is 0. The molecular formula is C138H210. The quantitative estimate of drug-likeness (QED) is 0.142. The minimum Gasteiger partial charge on any atom is -0.0683 e. The van der Waals surface area contributed by atoms with E-state index < -0.39 is 0 Å². The van der Waals surface area contributed by atoms with Crippen LogP contribution in [0.4, 0.5) is 0 Å². The molecule has 0 heterocycles. The Morgan fingerprint density at radius 2 is 0.159 bits per heavy atom. The number of hydrogen-bond acceptors (Lipinski definition) is 0. The largest absolute Gasteiger partial charge is 0.0683 e. The zero-order chi connectivity index (χ0) is 108. The fourth-order valence-electron chi connectivity index (χ4n) is 11.9. The van der Waals surface area contributed by atoms with Crippen LogP contribution in [0.5, 0.6) is 0 Å². The Morgan fingerprint density at radius 3 is 0.232 bits per heavy atom. The molecule has 0 aromatic heterocycles. The molecule has 0 spiro atoms. The normalized spacial score (nSPS) is 9.37. The lowest BCUT2D eigenvalue weighted by Gasteiger charge is -2.20. The minimum atomic E-state index is 0.160. The number of hydrogen-bond donors (Lipinski definition) is 0. The van der Waals surface area contributed by atoms with Gasteiger partial charge in [0.25, 0.3) is 0 Å². The first-order chi connectivity index (χ1) is 67.8. The summed E-state index contributed by atoms with van der Waals surface area (Å²) in [6.45, 7) is 92.1. The molecule has 0 bridgehead atoms. The van der Waals surface area contributed by atoms with Gasteiger partial charge in [-0.15, -0.1) is 0 Å². The van der Waals surface area contributed by atoms with Crippen LogP contribution >= 0.6 is 0 Å². The van der Waals surface area contributed by atoms with Crippen LogP contribution in [0, 0.1) is 20.8 Å². The molecule has 15 aromatic rings. The summed E-state index contributed by atoms with van der Waals surface area (Å²) in [4.78, 5) is 0. The van der Waals surface area contributed by atoms with Crippen LogP contribution < -0.4 is 0 Å². The van der Waals surface area contributed by atoms with E-state index in [-0.39, 0.29) is 16.2 Å². The summed E-state index contributed by atoms with van der Waals surface area (Å²) in [7, 11) is 0. The summed E-state index contributed by atoms with van der Waals surface area (Å²) in [6.07, 6.45) is 0. The molecule has 0 N–H and O–H groups in total. The highest BCUT2D eigenvalue weighted by atomic mass is 14.4. The van der Waals surface area contributed by atoms with Crippen molar-refractivity contribution in [3.63, 3.8) is 0 Å². The molecule has 0 amide bonds. The lowest BCUT2D eigenvalue weighted by Crippen LogP contribution is -2.14. The van der Waals surface area contributed by atoms with Crippen LogP contribution in [0.3, 0.4) is 0 Å². The summed E-state index contributed by atoms with van der Waals surface area (Å²) >= 11 is 0. The summed E-state index contributed by atoms with van der Waals surface area (Å²) in [6, 6.07) is 155. The fraction of sp³-hybridized carbons (Fsp3) is 0.348. The van der Waals surface area contributed by atoms with Gasteiger partial charge in [-0.1, -0.05) is 762 Å². The Kier molecular flexibility index (Phi) is 133. The van der Waals surface area contributed by atoms with Crippen LogP contribution in [-0.2, 0) is 16.2 Å². The molecule has 0 saturated carbocycles. The summed E-state index contributed by atoms with van der Waals surface area (Å²) in [5.74, 6) is 0. The van der Waals surface area contributed by atoms with E-state index in [1.807, 2.05) is 522 Å². The van der Waals surface area contributed by atoms with Gasteiger partial charge >= 0.3 is 0 Å². The van der Waals surface area contributed by atoms with Gasteiger partial charge in [0.2, 0.25) is 0 Å². The highest BCUT2D eigenvalue weighted by molar-refractivity contribution is 5.82. The van der Waals surface area contributed by atoms with E-state index in [2.05, 4.69) is 244 Å². The Hall–Kier alpha value is -11.7. The van der Waals surface area contributed by atoms with Crippen molar-refractivity contribution in [1.29, 1.82) is 0 Å². The fourth-order valence-corrected chi connectivity index (χ4v) is 11.9. The molecular weight excluding hydrogens is 1660 g/mol. The van der Waals surface area contributed by atoms with Crippen LogP contribution in [-0.4, -0.2) is 0 Å². The zero-order valence-corrected chi connectivity index (χ0v) is 97.3. The van der Waals surface area contributed by atoms with Crippen molar-refractivity contribution in [1.82, 2.24) is 0 Å². The van der Waals surface area contributed by atoms with E-state index >= 15 is 0 Å². The van der Waals surface area contributed by atoms with E-state index in [0.29, 0.717) is 0 Å². The Labute approximate surface area is 860 Å². The lowest BCUT2D eigenvalue weighted by atomic mass is 9.82. The molecule has 0 nitrogen and oxygen atoms in total. The molecule has 0 unspecified atom stereocenters. The smallest absolute Gasteiger partial charge is 0.0158 e. The third kappa shape index (κ3) is 71.7. The molecule has 0 aliphatic heterocycles. The maximum Gasteiger partial charge on any atom is 0.0158 e.